The van der Waals surface area contributed by atoms with Gasteiger partial charge in [-0.2, -0.15) is 0 Å². The highest BCUT2D eigenvalue weighted by molar-refractivity contribution is 6.33. The minimum atomic E-state index is -0.909. The molecule has 0 bridgehead atoms. The van der Waals surface area contributed by atoms with E-state index in [0.29, 0.717) is 0 Å². The smallest absolute Gasteiger partial charge is 0.374 e. The molecule has 0 amide bonds. The van der Waals surface area contributed by atoms with Crippen LogP contribution in [-0.2, 0) is 25.5 Å². The molecule has 0 radical (unpaired) electrons. The summed E-state index contributed by atoms with van der Waals surface area (Å²) >= 11 is 0. The minimum absolute atomic E-state index is 0. The number of ketones is 2. The Bertz CT molecular complexity index is 502. The van der Waals surface area contributed by atoms with Crippen molar-refractivity contribution in [2.75, 3.05) is 6.61 Å². The first kappa shape index (κ1) is 18.7. The molecular formula is C16H20O5. The Labute approximate surface area is 123 Å². The summed E-state index contributed by atoms with van der Waals surface area (Å²) < 4.78 is 4.60. The van der Waals surface area contributed by atoms with Crippen molar-refractivity contribution in [2.45, 2.75) is 26.2 Å². The number of Topliss-reactive ketones (excluding diaryl/α,β-unsaturated/α-hetero) is 2. The van der Waals surface area contributed by atoms with Crippen LogP contribution in [0.3, 0.4) is 0 Å². The Morgan fingerprint density at radius 3 is 2.33 bits per heavy atom. The third-order valence-corrected chi connectivity index (χ3v) is 2.71. The predicted octanol–water partition coefficient (Wildman–Crippen LogP) is 1.36. The average Bonchev–Trinajstić information content (AvgIpc) is 2.44. The van der Waals surface area contributed by atoms with Crippen LogP contribution in [0, 0.1) is 6.92 Å². The molecule has 0 unspecified atom stereocenters. The van der Waals surface area contributed by atoms with Crippen molar-refractivity contribution >= 4 is 17.5 Å². The van der Waals surface area contributed by atoms with E-state index in [0.717, 1.165) is 11.1 Å². The third kappa shape index (κ3) is 7.17. The standard InChI is InChI=1S/C16H18O4.H2O/c1-3-10-20-16(19)15(18)9-8-14(17)11-13-6-4-12(2)5-7-13;/h3-7H,1,8-11H2,2H3;1H2. The Kier molecular flexibility index (Phi) is 8.57. The van der Waals surface area contributed by atoms with Crippen LogP contribution in [0.5, 0.6) is 0 Å². The Balaban J connectivity index is 0.00000400. The molecule has 0 aliphatic carbocycles. The van der Waals surface area contributed by atoms with Gasteiger partial charge in [0.05, 0.1) is 0 Å². The summed E-state index contributed by atoms with van der Waals surface area (Å²) in [4.78, 5) is 34.3. The number of esters is 1. The quantitative estimate of drug-likeness (QED) is 0.411. The topological polar surface area (TPSA) is 91.9 Å². The van der Waals surface area contributed by atoms with Gasteiger partial charge >= 0.3 is 5.97 Å². The minimum Gasteiger partial charge on any atom is -0.456 e. The van der Waals surface area contributed by atoms with Crippen LogP contribution in [0.15, 0.2) is 36.9 Å². The van der Waals surface area contributed by atoms with Gasteiger partial charge in [-0.05, 0) is 12.5 Å². The van der Waals surface area contributed by atoms with Crippen LogP contribution in [-0.4, -0.2) is 29.6 Å². The Morgan fingerprint density at radius 1 is 1.14 bits per heavy atom. The number of aryl methyl sites for hydroxylation is 1. The van der Waals surface area contributed by atoms with Crippen molar-refractivity contribution in [1.29, 1.82) is 0 Å². The lowest BCUT2D eigenvalue weighted by molar-refractivity contribution is -0.153. The van der Waals surface area contributed by atoms with Gasteiger partial charge in [-0.3, -0.25) is 9.59 Å². The molecule has 0 atom stereocenters. The molecule has 0 heterocycles. The highest BCUT2D eigenvalue weighted by Crippen LogP contribution is 2.06. The lowest BCUT2D eigenvalue weighted by Crippen LogP contribution is -2.18. The van der Waals surface area contributed by atoms with Crippen molar-refractivity contribution in [3.05, 3.63) is 48.0 Å². The molecule has 0 saturated heterocycles. The summed E-state index contributed by atoms with van der Waals surface area (Å²) in [6, 6.07) is 7.63. The van der Waals surface area contributed by atoms with Gasteiger partial charge in [0.2, 0.25) is 5.78 Å². The fourth-order valence-electron chi connectivity index (χ4n) is 1.59. The molecule has 0 saturated carbocycles. The lowest BCUT2D eigenvalue weighted by atomic mass is 10.0. The van der Waals surface area contributed by atoms with E-state index in [1.807, 2.05) is 31.2 Å². The molecule has 1 aromatic carbocycles. The van der Waals surface area contributed by atoms with Gasteiger partial charge in [0.15, 0.2) is 0 Å². The molecule has 5 heteroatoms. The summed E-state index contributed by atoms with van der Waals surface area (Å²) in [7, 11) is 0. The summed E-state index contributed by atoms with van der Waals surface area (Å²) in [6.45, 7) is 5.35. The van der Waals surface area contributed by atoms with Gasteiger partial charge in [0.25, 0.3) is 0 Å². The van der Waals surface area contributed by atoms with Crippen molar-refractivity contribution in [1.82, 2.24) is 0 Å². The molecule has 1 rings (SSSR count). The second kappa shape index (κ2) is 9.61. The fourth-order valence-corrected chi connectivity index (χ4v) is 1.59. The van der Waals surface area contributed by atoms with Crippen molar-refractivity contribution in [2.24, 2.45) is 0 Å². The van der Waals surface area contributed by atoms with Crippen molar-refractivity contribution in [3.8, 4) is 0 Å². The van der Waals surface area contributed by atoms with Crippen LogP contribution in [0.1, 0.15) is 24.0 Å². The zero-order chi connectivity index (χ0) is 15.0. The maximum atomic E-state index is 11.7. The van der Waals surface area contributed by atoms with Crippen molar-refractivity contribution in [3.63, 3.8) is 0 Å². The van der Waals surface area contributed by atoms with E-state index in [1.54, 1.807) is 0 Å². The van der Waals surface area contributed by atoms with Crippen LogP contribution >= 0.6 is 0 Å². The first-order chi connectivity index (χ1) is 9.52. The number of hydrogen-bond donors (Lipinski definition) is 0. The zero-order valence-electron chi connectivity index (χ0n) is 12.1. The monoisotopic (exact) mass is 292 g/mol. The van der Waals surface area contributed by atoms with E-state index < -0.39 is 11.8 Å². The molecule has 0 aliphatic heterocycles. The summed E-state index contributed by atoms with van der Waals surface area (Å²) in [6.07, 6.45) is 1.60. The van der Waals surface area contributed by atoms with Crippen LogP contribution in [0.25, 0.3) is 0 Å². The molecule has 114 valence electrons. The third-order valence-electron chi connectivity index (χ3n) is 2.71. The summed E-state index contributed by atoms with van der Waals surface area (Å²) in [5, 5.41) is 0. The molecule has 21 heavy (non-hydrogen) atoms. The molecule has 0 aromatic heterocycles. The molecule has 0 spiro atoms. The lowest BCUT2D eigenvalue weighted by Gasteiger charge is -2.02. The summed E-state index contributed by atoms with van der Waals surface area (Å²) in [5.41, 5.74) is 2.03. The van der Waals surface area contributed by atoms with Crippen LogP contribution < -0.4 is 0 Å². The Hall–Kier alpha value is -2.27. The van der Waals surface area contributed by atoms with Gasteiger partial charge < -0.3 is 10.2 Å². The van der Waals surface area contributed by atoms with Crippen molar-refractivity contribution < 1.29 is 24.6 Å². The van der Waals surface area contributed by atoms with E-state index in [-0.39, 0.29) is 37.1 Å². The molecule has 5 nitrogen and oxygen atoms in total. The van der Waals surface area contributed by atoms with Gasteiger partial charge in [0, 0.05) is 19.3 Å². The number of ether oxygens (including phenoxy) is 1. The number of carbonyl (C=O) groups excluding carboxylic acids is 3. The maximum absolute atomic E-state index is 11.7. The molecule has 0 aliphatic rings. The fraction of sp³-hybridized carbons (Fsp3) is 0.312. The number of benzene rings is 1. The zero-order valence-corrected chi connectivity index (χ0v) is 12.1. The second-order valence-corrected chi connectivity index (χ2v) is 4.51. The van der Waals surface area contributed by atoms with Crippen LogP contribution in [0.2, 0.25) is 0 Å². The van der Waals surface area contributed by atoms with E-state index in [9.17, 15) is 14.4 Å². The first-order valence-electron chi connectivity index (χ1n) is 6.41. The van der Waals surface area contributed by atoms with E-state index >= 15 is 0 Å². The van der Waals surface area contributed by atoms with Gasteiger partial charge in [-0.1, -0.05) is 42.5 Å². The highest BCUT2D eigenvalue weighted by Gasteiger charge is 2.16. The first-order valence-corrected chi connectivity index (χ1v) is 6.41. The SMILES string of the molecule is C=CCOC(=O)C(=O)CCC(=O)Cc1ccc(C)cc1.O. The summed E-state index contributed by atoms with van der Waals surface area (Å²) in [5.74, 6) is -1.66. The molecule has 1 aromatic rings. The highest BCUT2D eigenvalue weighted by atomic mass is 16.5. The van der Waals surface area contributed by atoms with E-state index in [4.69, 9.17) is 0 Å². The Morgan fingerprint density at radius 2 is 1.76 bits per heavy atom. The van der Waals surface area contributed by atoms with E-state index in [1.165, 1.54) is 6.08 Å². The van der Waals surface area contributed by atoms with Gasteiger partial charge in [-0.25, -0.2) is 4.79 Å². The van der Waals surface area contributed by atoms with Gasteiger partial charge in [-0.15, -0.1) is 0 Å². The normalized spacial score (nSPS) is 9.38. The predicted molar refractivity (Wildman–Crippen MR) is 78.9 cm³/mol. The van der Waals surface area contributed by atoms with E-state index in [2.05, 4.69) is 11.3 Å². The molecule has 2 N–H and O–H groups in total. The number of hydrogen-bond acceptors (Lipinski definition) is 4. The van der Waals surface area contributed by atoms with Gasteiger partial charge in [0.1, 0.15) is 12.4 Å². The second-order valence-electron chi connectivity index (χ2n) is 4.51. The molecule has 0 fully saturated rings. The number of rotatable bonds is 8. The largest absolute Gasteiger partial charge is 0.456 e. The average molecular weight is 292 g/mol. The van der Waals surface area contributed by atoms with Crippen LogP contribution in [0.4, 0.5) is 0 Å². The number of carbonyl (C=O) groups is 3. The molecular weight excluding hydrogens is 272 g/mol. The maximum Gasteiger partial charge on any atom is 0.374 e.